The number of likely N-dealkylation sites (N-methyl/N-ethyl adjacent to an activating group) is 1. The molecule has 0 amide bonds. The number of benzene rings is 1. The van der Waals surface area contributed by atoms with E-state index in [0.29, 0.717) is 6.54 Å². The minimum Gasteiger partial charge on any atom is -0.312 e. The fourth-order valence-electron chi connectivity index (χ4n) is 2.78. The van der Waals surface area contributed by atoms with Crippen molar-refractivity contribution in [2.45, 2.75) is 33.4 Å². The molecule has 0 bridgehead atoms. The van der Waals surface area contributed by atoms with Crippen LogP contribution in [0.2, 0.25) is 0 Å². The van der Waals surface area contributed by atoms with E-state index in [1.54, 1.807) is 10.9 Å². The zero-order valence-electron chi connectivity index (χ0n) is 12.5. The van der Waals surface area contributed by atoms with Crippen LogP contribution in [0, 0.1) is 20.8 Å². The number of nitrogens with zero attached hydrogens (tertiary/aromatic N) is 2. The molecule has 1 N–H and O–H groups in total. The Balaban J connectivity index is 2.39. The van der Waals surface area contributed by atoms with Gasteiger partial charge >= 0.3 is 0 Å². The smallest absolute Gasteiger partial charge is 0.253 e. The molecule has 0 saturated carbocycles. The minimum absolute atomic E-state index is 0.0253. The Morgan fingerprint density at radius 1 is 1.25 bits per heavy atom. The SMILES string of the molecule is CNC(Cn1cnccc1=O)c1c(C)cc(C)cc1C. The molecule has 1 heterocycles. The summed E-state index contributed by atoms with van der Waals surface area (Å²) in [6, 6.07) is 5.94. The van der Waals surface area contributed by atoms with E-state index < -0.39 is 0 Å². The van der Waals surface area contributed by atoms with Crippen LogP contribution in [0.3, 0.4) is 0 Å². The molecule has 0 aliphatic carbocycles. The van der Waals surface area contributed by atoms with Gasteiger partial charge in [-0.2, -0.15) is 0 Å². The topological polar surface area (TPSA) is 46.9 Å². The molecular formula is C16H21N3O. The van der Waals surface area contributed by atoms with Gasteiger partial charge in [-0.05, 0) is 44.5 Å². The lowest BCUT2D eigenvalue weighted by Crippen LogP contribution is -2.29. The predicted molar refractivity (Wildman–Crippen MR) is 81.0 cm³/mol. The van der Waals surface area contributed by atoms with Gasteiger partial charge in [0, 0.05) is 18.8 Å². The summed E-state index contributed by atoms with van der Waals surface area (Å²) in [6.07, 6.45) is 3.11. The molecule has 4 nitrogen and oxygen atoms in total. The number of aryl methyl sites for hydroxylation is 3. The first-order chi connectivity index (χ1) is 9.52. The van der Waals surface area contributed by atoms with Crippen molar-refractivity contribution in [3.8, 4) is 0 Å². The number of nitrogens with one attached hydrogen (secondary N) is 1. The van der Waals surface area contributed by atoms with Crippen molar-refractivity contribution in [2.24, 2.45) is 0 Å². The molecule has 0 aliphatic heterocycles. The third kappa shape index (κ3) is 2.96. The van der Waals surface area contributed by atoms with Gasteiger partial charge in [0.05, 0.1) is 12.4 Å². The van der Waals surface area contributed by atoms with Crippen molar-refractivity contribution >= 4 is 0 Å². The average molecular weight is 271 g/mol. The average Bonchev–Trinajstić information content (AvgIpc) is 2.38. The Bertz CT molecular complexity index is 638. The zero-order valence-corrected chi connectivity index (χ0v) is 12.5. The van der Waals surface area contributed by atoms with E-state index in [1.807, 2.05) is 7.05 Å². The highest BCUT2D eigenvalue weighted by atomic mass is 16.1. The normalized spacial score (nSPS) is 12.4. The molecule has 0 saturated heterocycles. The fourth-order valence-corrected chi connectivity index (χ4v) is 2.78. The summed E-state index contributed by atoms with van der Waals surface area (Å²) in [6.45, 7) is 6.91. The van der Waals surface area contributed by atoms with Crippen molar-refractivity contribution in [1.82, 2.24) is 14.9 Å². The molecule has 0 radical (unpaired) electrons. The lowest BCUT2D eigenvalue weighted by molar-refractivity contribution is 0.483. The second-order valence-corrected chi connectivity index (χ2v) is 5.22. The quantitative estimate of drug-likeness (QED) is 0.926. The van der Waals surface area contributed by atoms with Crippen LogP contribution in [0.5, 0.6) is 0 Å². The molecule has 1 unspecified atom stereocenters. The number of hydrogen-bond acceptors (Lipinski definition) is 3. The van der Waals surface area contributed by atoms with Crippen LogP contribution < -0.4 is 10.9 Å². The van der Waals surface area contributed by atoms with Crippen molar-refractivity contribution < 1.29 is 0 Å². The molecule has 2 rings (SSSR count). The first-order valence-corrected chi connectivity index (χ1v) is 6.78. The van der Waals surface area contributed by atoms with E-state index in [2.05, 4.69) is 43.2 Å². The Kier molecular flexibility index (Phi) is 4.35. The second kappa shape index (κ2) is 6.01. The van der Waals surface area contributed by atoms with Gasteiger partial charge in [0.2, 0.25) is 0 Å². The molecule has 0 fully saturated rings. The van der Waals surface area contributed by atoms with Crippen LogP contribution >= 0.6 is 0 Å². The Hall–Kier alpha value is -1.94. The standard InChI is InChI=1S/C16H21N3O/c1-11-7-12(2)16(13(3)8-11)14(17-4)9-19-10-18-6-5-15(19)20/h5-8,10,14,17H,9H2,1-4H3. The van der Waals surface area contributed by atoms with Crippen LogP contribution in [0.1, 0.15) is 28.3 Å². The van der Waals surface area contributed by atoms with Crippen molar-refractivity contribution in [3.63, 3.8) is 0 Å². The molecule has 106 valence electrons. The van der Waals surface area contributed by atoms with Crippen LogP contribution in [-0.4, -0.2) is 16.6 Å². The van der Waals surface area contributed by atoms with Gasteiger partial charge in [-0.3, -0.25) is 9.36 Å². The maximum atomic E-state index is 11.8. The molecular weight excluding hydrogens is 250 g/mol. The zero-order chi connectivity index (χ0) is 14.7. The maximum absolute atomic E-state index is 11.8. The minimum atomic E-state index is -0.0253. The summed E-state index contributed by atoms with van der Waals surface area (Å²) in [5.74, 6) is 0. The van der Waals surface area contributed by atoms with Crippen molar-refractivity contribution in [1.29, 1.82) is 0 Å². The van der Waals surface area contributed by atoms with E-state index in [1.165, 1.54) is 34.5 Å². The Labute approximate surface area is 119 Å². The summed E-state index contributed by atoms with van der Waals surface area (Å²) in [7, 11) is 1.92. The molecule has 1 aromatic carbocycles. The molecule has 0 aliphatic rings. The third-order valence-electron chi connectivity index (χ3n) is 3.61. The molecule has 2 aromatic rings. The second-order valence-electron chi connectivity index (χ2n) is 5.22. The summed E-state index contributed by atoms with van der Waals surface area (Å²) < 4.78 is 1.64. The van der Waals surface area contributed by atoms with E-state index in [0.717, 1.165) is 0 Å². The predicted octanol–water partition coefficient (Wildman–Crippen LogP) is 2.13. The largest absolute Gasteiger partial charge is 0.312 e. The lowest BCUT2D eigenvalue weighted by Gasteiger charge is -2.22. The Morgan fingerprint density at radius 3 is 2.45 bits per heavy atom. The fraction of sp³-hybridized carbons (Fsp3) is 0.375. The molecule has 1 atom stereocenters. The van der Waals surface area contributed by atoms with Gasteiger partial charge in [-0.25, -0.2) is 4.98 Å². The van der Waals surface area contributed by atoms with Crippen LogP contribution in [0.15, 0.2) is 35.5 Å². The van der Waals surface area contributed by atoms with Crippen LogP contribution in [-0.2, 0) is 6.54 Å². The van der Waals surface area contributed by atoms with Crippen LogP contribution in [0.25, 0.3) is 0 Å². The third-order valence-corrected chi connectivity index (χ3v) is 3.61. The number of hydrogen-bond donors (Lipinski definition) is 1. The summed E-state index contributed by atoms with van der Waals surface area (Å²) >= 11 is 0. The number of rotatable bonds is 4. The summed E-state index contributed by atoms with van der Waals surface area (Å²) in [5.41, 5.74) is 4.99. The van der Waals surface area contributed by atoms with E-state index in [4.69, 9.17) is 0 Å². The maximum Gasteiger partial charge on any atom is 0.253 e. The molecule has 1 aromatic heterocycles. The van der Waals surface area contributed by atoms with Crippen molar-refractivity contribution in [3.05, 3.63) is 63.3 Å². The van der Waals surface area contributed by atoms with Gasteiger partial charge in [-0.15, -0.1) is 0 Å². The molecule has 4 heteroatoms. The lowest BCUT2D eigenvalue weighted by atomic mass is 9.94. The first-order valence-electron chi connectivity index (χ1n) is 6.78. The van der Waals surface area contributed by atoms with E-state index in [9.17, 15) is 4.79 Å². The van der Waals surface area contributed by atoms with Gasteiger partial charge < -0.3 is 5.32 Å². The van der Waals surface area contributed by atoms with Crippen LogP contribution in [0.4, 0.5) is 0 Å². The molecule has 20 heavy (non-hydrogen) atoms. The highest BCUT2D eigenvalue weighted by Crippen LogP contribution is 2.24. The highest BCUT2D eigenvalue weighted by molar-refractivity contribution is 5.39. The summed E-state index contributed by atoms with van der Waals surface area (Å²) in [4.78, 5) is 15.8. The van der Waals surface area contributed by atoms with Gasteiger partial charge in [0.25, 0.3) is 5.56 Å². The monoisotopic (exact) mass is 271 g/mol. The van der Waals surface area contributed by atoms with E-state index >= 15 is 0 Å². The van der Waals surface area contributed by atoms with E-state index in [-0.39, 0.29) is 11.6 Å². The first kappa shape index (κ1) is 14.5. The van der Waals surface area contributed by atoms with Crippen molar-refractivity contribution in [2.75, 3.05) is 7.05 Å². The van der Waals surface area contributed by atoms with Gasteiger partial charge in [0.1, 0.15) is 0 Å². The summed E-state index contributed by atoms with van der Waals surface area (Å²) in [5, 5.41) is 3.31. The van der Waals surface area contributed by atoms with Gasteiger partial charge in [-0.1, -0.05) is 17.7 Å². The van der Waals surface area contributed by atoms with Gasteiger partial charge in [0.15, 0.2) is 0 Å². The highest BCUT2D eigenvalue weighted by Gasteiger charge is 2.16. The Morgan fingerprint density at radius 2 is 1.90 bits per heavy atom. The number of aromatic nitrogens is 2. The molecule has 0 spiro atoms.